The molecular formula is C15H16F3NO4. The van der Waals surface area contributed by atoms with Crippen LogP contribution in [0.5, 0.6) is 0 Å². The molecule has 5 nitrogen and oxygen atoms in total. The van der Waals surface area contributed by atoms with Crippen LogP contribution in [0.2, 0.25) is 0 Å². The van der Waals surface area contributed by atoms with Gasteiger partial charge in [-0.05, 0) is 24.1 Å². The molecule has 0 aromatic heterocycles. The largest absolute Gasteiger partial charge is 0.480 e. The third kappa shape index (κ3) is 4.69. The quantitative estimate of drug-likeness (QED) is 0.898. The Kier molecular flexibility index (Phi) is 5.25. The Balaban J connectivity index is 2.10. The maximum Gasteiger partial charge on any atom is 0.416 e. The Morgan fingerprint density at radius 1 is 1.26 bits per heavy atom. The predicted molar refractivity (Wildman–Crippen MR) is 73.4 cm³/mol. The summed E-state index contributed by atoms with van der Waals surface area (Å²) in [5.41, 5.74) is -0.354. The van der Waals surface area contributed by atoms with Gasteiger partial charge in [-0.15, -0.1) is 0 Å². The fourth-order valence-corrected chi connectivity index (χ4v) is 2.38. The van der Waals surface area contributed by atoms with Gasteiger partial charge in [0.05, 0.1) is 18.1 Å². The summed E-state index contributed by atoms with van der Waals surface area (Å²) in [5, 5.41) is 8.93. The van der Waals surface area contributed by atoms with E-state index in [9.17, 15) is 22.8 Å². The number of alkyl halides is 3. The smallest absolute Gasteiger partial charge is 0.416 e. The fraction of sp³-hybridized carbons (Fsp3) is 0.467. The van der Waals surface area contributed by atoms with Crippen molar-refractivity contribution in [1.82, 2.24) is 4.90 Å². The van der Waals surface area contributed by atoms with E-state index in [1.807, 2.05) is 0 Å². The van der Waals surface area contributed by atoms with Crippen LogP contribution in [0.3, 0.4) is 0 Å². The molecule has 0 spiro atoms. The summed E-state index contributed by atoms with van der Waals surface area (Å²) >= 11 is 0. The number of carboxylic acids is 1. The summed E-state index contributed by atoms with van der Waals surface area (Å²) in [7, 11) is 0. The maximum absolute atomic E-state index is 12.5. The molecule has 0 unspecified atom stereocenters. The molecule has 0 radical (unpaired) electrons. The molecule has 1 atom stereocenters. The topological polar surface area (TPSA) is 66.8 Å². The molecule has 1 N–H and O–H groups in total. The van der Waals surface area contributed by atoms with E-state index in [2.05, 4.69) is 0 Å². The molecule has 8 heteroatoms. The number of amides is 1. The van der Waals surface area contributed by atoms with Crippen molar-refractivity contribution in [1.29, 1.82) is 0 Å². The molecule has 1 heterocycles. The van der Waals surface area contributed by atoms with Crippen molar-refractivity contribution in [3.05, 3.63) is 35.4 Å². The van der Waals surface area contributed by atoms with Crippen LogP contribution in [0.15, 0.2) is 24.3 Å². The summed E-state index contributed by atoms with van der Waals surface area (Å²) in [6, 6.07) is 4.32. The molecule has 2 rings (SSSR count). The zero-order valence-corrected chi connectivity index (χ0v) is 12.2. The van der Waals surface area contributed by atoms with Gasteiger partial charge in [0, 0.05) is 13.2 Å². The van der Waals surface area contributed by atoms with Crippen LogP contribution < -0.4 is 0 Å². The van der Waals surface area contributed by atoms with Gasteiger partial charge < -0.3 is 14.7 Å². The molecule has 23 heavy (non-hydrogen) atoms. The summed E-state index contributed by atoms with van der Waals surface area (Å²) in [6.45, 7) is 0.121. The van der Waals surface area contributed by atoms with Crippen LogP contribution in [0.25, 0.3) is 0 Å². The first-order chi connectivity index (χ1) is 10.8. The number of hydrogen-bond donors (Lipinski definition) is 1. The van der Waals surface area contributed by atoms with Crippen molar-refractivity contribution >= 4 is 11.9 Å². The van der Waals surface area contributed by atoms with Crippen LogP contribution in [-0.2, 0) is 27.0 Å². The second-order valence-electron chi connectivity index (χ2n) is 5.34. The van der Waals surface area contributed by atoms with E-state index in [1.54, 1.807) is 0 Å². The third-order valence-corrected chi connectivity index (χ3v) is 3.57. The first kappa shape index (κ1) is 17.3. The molecule has 1 saturated heterocycles. The molecule has 1 aromatic carbocycles. The van der Waals surface area contributed by atoms with Crippen molar-refractivity contribution in [2.75, 3.05) is 19.8 Å². The highest BCUT2D eigenvalue weighted by Crippen LogP contribution is 2.29. The molecule has 1 aliphatic rings. The van der Waals surface area contributed by atoms with E-state index in [0.717, 1.165) is 17.0 Å². The van der Waals surface area contributed by atoms with Crippen LogP contribution in [0.4, 0.5) is 13.2 Å². The van der Waals surface area contributed by atoms with Gasteiger partial charge >= 0.3 is 12.1 Å². The van der Waals surface area contributed by atoms with Gasteiger partial charge in [-0.25, -0.2) is 0 Å². The molecule has 1 aliphatic heterocycles. The molecule has 126 valence electrons. The molecule has 0 bridgehead atoms. The minimum absolute atomic E-state index is 0.0558. The van der Waals surface area contributed by atoms with E-state index in [1.165, 1.54) is 12.1 Å². The van der Waals surface area contributed by atoms with Gasteiger partial charge in [0.15, 0.2) is 0 Å². The number of nitrogens with zero attached hydrogens (tertiary/aromatic N) is 1. The molecule has 0 aliphatic carbocycles. The first-order valence-corrected chi connectivity index (χ1v) is 7.02. The van der Waals surface area contributed by atoms with E-state index >= 15 is 0 Å². The lowest BCUT2D eigenvalue weighted by atomic mass is 10.1. The summed E-state index contributed by atoms with van der Waals surface area (Å²) in [6.07, 6.45) is -3.92. The first-order valence-electron chi connectivity index (χ1n) is 7.02. The van der Waals surface area contributed by atoms with Gasteiger partial charge in [-0.3, -0.25) is 9.59 Å². The number of ether oxygens (including phenoxy) is 1. The van der Waals surface area contributed by atoms with Crippen LogP contribution in [-0.4, -0.2) is 41.6 Å². The van der Waals surface area contributed by atoms with Crippen molar-refractivity contribution in [2.24, 2.45) is 5.92 Å². The molecule has 0 saturated carbocycles. The SMILES string of the molecule is O=C(O)CN(Cc1ccc(C(F)(F)F)cc1)C(=O)[C@@H]1CCOC1. The zero-order chi connectivity index (χ0) is 17.0. The van der Waals surface area contributed by atoms with Gasteiger partial charge in [-0.1, -0.05) is 12.1 Å². The minimum atomic E-state index is -4.43. The highest BCUT2D eigenvalue weighted by Gasteiger charge is 2.31. The minimum Gasteiger partial charge on any atom is -0.480 e. The molecular weight excluding hydrogens is 315 g/mol. The molecule has 1 aromatic rings. The van der Waals surface area contributed by atoms with Gasteiger partial charge in [-0.2, -0.15) is 13.2 Å². The van der Waals surface area contributed by atoms with E-state index in [-0.39, 0.29) is 19.1 Å². The van der Waals surface area contributed by atoms with Crippen molar-refractivity contribution in [3.8, 4) is 0 Å². The Hall–Kier alpha value is -2.09. The summed E-state index contributed by atoms with van der Waals surface area (Å²) in [4.78, 5) is 24.4. The number of carboxylic acid groups (broad SMARTS) is 1. The van der Waals surface area contributed by atoms with Crippen LogP contribution >= 0.6 is 0 Å². The lowest BCUT2D eigenvalue weighted by molar-refractivity contribution is -0.146. The van der Waals surface area contributed by atoms with Crippen LogP contribution in [0.1, 0.15) is 17.5 Å². The lowest BCUT2D eigenvalue weighted by Crippen LogP contribution is -2.39. The lowest BCUT2D eigenvalue weighted by Gasteiger charge is -2.23. The number of aliphatic carboxylic acids is 1. The van der Waals surface area contributed by atoms with Crippen molar-refractivity contribution in [3.63, 3.8) is 0 Å². The van der Waals surface area contributed by atoms with Crippen molar-refractivity contribution in [2.45, 2.75) is 19.1 Å². The number of rotatable bonds is 5. The number of carbonyl (C=O) groups is 2. The third-order valence-electron chi connectivity index (χ3n) is 3.57. The Morgan fingerprint density at radius 3 is 2.39 bits per heavy atom. The normalized spacial score (nSPS) is 18.0. The van der Waals surface area contributed by atoms with Gasteiger partial charge in [0.1, 0.15) is 6.54 Å². The predicted octanol–water partition coefficient (Wildman–Crippen LogP) is 2.16. The molecule has 1 amide bonds. The average Bonchev–Trinajstić information content (AvgIpc) is 2.99. The standard InChI is InChI=1S/C15H16F3NO4/c16-15(17,18)12-3-1-10(2-4-12)7-19(8-13(20)21)14(22)11-5-6-23-9-11/h1-4,11H,5-9H2,(H,20,21)/t11-/m1/s1. The van der Waals surface area contributed by atoms with E-state index in [0.29, 0.717) is 18.6 Å². The van der Waals surface area contributed by atoms with Crippen molar-refractivity contribution < 1.29 is 32.6 Å². The summed E-state index contributed by atoms with van der Waals surface area (Å²) in [5.74, 6) is -1.93. The second kappa shape index (κ2) is 6.99. The Morgan fingerprint density at radius 2 is 1.91 bits per heavy atom. The fourth-order valence-electron chi connectivity index (χ4n) is 2.38. The van der Waals surface area contributed by atoms with E-state index in [4.69, 9.17) is 9.84 Å². The highest BCUT2D eigenvalue weighted by atomic mass is 19.4. The van der Waals surface area contributed by atoms with Gasteiger partial charge in [0.2, 0.25) is 5.91 Å². The second-order valence-corrected chi connectivity index (χ2v) is 5.34. The number of hydrogen-bond acceptors (Lipinski definition) is 3. The number of benzene rings is 1. The number of carbonyl (C=O) groups excluding carboxylic acids is 1. The van der Waals surface area contributed by atoms with Crippen LogP contribution in [0, 0.1) is 5.92 Å². The summed E-state index contributed by atoms with van der Waals surface area (Å²) < 4.78 is 42.7. The average molecular weight is 331 g/mol. The Bertz CT molecular complexity index is 565. The van der Waals surface area contributed by atoms with E-state index < -0.39 is 30.2 Å². The zero-order valence-electron chi connectivity index (χ0n) is 12.2. The maximum atomic E-state index is 12.5. The Labute approximate surface area is 130 Å². The van der Waals surface area contributed by atoms with Gasteiger partial charge in [0.25, 0.3) is 0 Å². The monoisotopic (exact) mass is 331 g/mol. The number of halogens is 3. The molecule has 1 fully saturated rings. The highest BCUT2D eigenvalue weighted by molar-refractivity contribution is 5.83.